The number of primary sulfonamides is 1. The summed E-state index contributed by atoms with van der Waals surface area (Å²) in [5, 5.41) is 11.3. The molecule has 0 aromatic carbocycles. The van der Waals surface area contributed by atoms with E-state index < -0.39 is 15.9 Å². The van der Waals surface area contributed by atoms with Gasteiger partial charge in [0, 0.05) is 13.6 Å². The van der Waals surface area contributed by atoms with Crippen LogP contribution in [0.2, 0.25) is 0 Å². The van der Waals surface area contributed by atoms with Crippen LogP contribution in [-0.4, -0.2) is 43.0 Å². The van der Waals surface area contributed by atoms with Gasteiger partial charge >= 0.3 is 0 Å². The van der Waals surface area contributed by atoms with Crippen molar-refractivity contribution in [2.45, 2.75) is 25.7 Å². The topological polar surface area (TPSA) is 109 Å². The number of rotatable bonds is 4. The molecule has 0 aliphatic heterocycles. The van der Waals surface area contributed by atoms with Gasteiger partial charge in [-0.3, -0.25) is 9.89 Å². The zero-order chi connectivity index (χ0) is 14.1. The summed E-state index contributed by atoms with van der Waals surface area (Å²) in [7, 11) is -2.37. The molecule has 3 N–H and O–H groups in total. The van der Waals surface area contributed by atoms with E-state index in [4.69, 9.17) is 5.14 Å². The van der Waals surface area contributed by atoms with Crippen LogP contribution in [0.4, 0.5) is 0 Å². The van der Waals surface area contributed by atoms with Gasteiger partial charge in [-0.2, -0.15) is 5.10 Å². The molecule has 0 saturated carbocycles. The number of hydrogen-bond donors (Lipinski definition) is 2. The van der Waals surface area contributed by atoms with Crippen molar-refractivity contribution in [1.82, 2.24) is 15.1 Å². The monoisotopic (exact) mass is 274 g/mol. The molecule has 0 fully saturated rings. The fourth-order valence-corrected chi connectivity index (χ4v) is 2.60. The number of nitrogens with two attached hydrogens (primary N) is 1. The van der Waals surface area contributed by atoms with Crippen molar-refractivity contribution in [3.05, 3.63) is 11.4 Å². The molecule has 1 amide bonds. The first kappa shape index (κ1) is 14.7. The average molecular weight is 274 g/mol. The molecule has 18 heavy (non-hydrogen) atoms. The number of aromatic nitrogens is 2. The van der Waals surface area contributed by atoms with E-state index in [2.05, 4.69) is 10.2 Å². The number of carbonyl (C=O) groups excluding carboxylic acids is 1. The number of carbonyl (C=O) groups is 1. The zero-order valence-corrected chi connectivity index (χ0v) is 11.7. The number of nitrogens with one attached hydrogen (secondary N) is 1. The maximum absolute atomic E-state index is 12.1. The lowest BCUT2D eigenvalue weighted by Gasteiger charge is -2.18. The van der Waals surface area contributed by atoms with Gasteiger partial charge < -0.3 is 4.90 Å². The third-order valence-corrected chi connectivity index (χ3v) is 3.43. The van der Waals surface area contributed by atoms with Crippen LogP contribution < -0.4 is 5.14 Å². The number of sulfonamides is 1. The smallest absolute Gasteiger partial charge is 0.275 e. The molecule has 1 rings (SSSR count). The molecular weight excluding hydrogens is 256 g/mol. The van der Waals surface area contributed by atoms with Crippen LogP contribution in [0.1, 0.15) is 30.0 Å². The van der Waals surface area contributed by atoms with Gasteiger partial charge in [0.1, 0.15) is 4.90 Å². The van der Waals surface area contributed by atoms with Crippen molar-refractivity contribution in [3.8, 4) is 0 Å². The van der Waals surface area contributed by atoms with Gasteiger partial charge in [-0.25, -0.2) is 13.6 Å². The summed E-state index contributed by atoms with van der Waals surface area (Å²) in [6, 6.07) is 0. The third-order valence-electron chi connectivity index (χ3n) is 2.36. The maximum atomic E-state index is 12.1. The van der Waals surface area contributed by atoms with E-state index in [0.29, 0.717) is 6.54 Å². The third kappa shape index (κ3) is 3.08. The fourth-order valence-electron chi connectivity index (χ4n) is 1.72. The Morgan fingerprint density at radius 2 is 2.06 bits per heavy atom. The van der Waals surface area contributed by atoms with Crippen molar-refractivity contribution < 1.29 is 13.2 Å². The quantitative estimate of drug-likeness (QED) is 0.811. The van der Waals surface area contributed by atoms with Crippen molar-refractivity contribution >= 4 is 15.9 Å². The molecular formula is C10H18N4O3S. The van der Waals surface area contributed by atoms with E-state index >= 15 is 0 Å². The Morgan fingerprint density at radius 1 is 1.50 bits per heavy atom. The molecule has 0 unspecified atom stereocenters. The van der Waals surface area contributed by atoms with E-state index in [1.807, 2.05) is 13.8 Å². The molecule has 8 heteroatoms. The van der Waals surface area contributed by atoms with Crippen LogP contribution in [0.25, 0.3) is 0 Å². The fraction of sp³-hybridized carbons (Fsp3) is 0.600. The van der Waals surface area contributed by atoms with Gasteiger partial charge in [-0.1, -0.05) is 13.8 Å². The first-order chi connectivity index (χ1) is 8.14. The SMILES string of the molecule is Cc1[nH]nc(C(=O)N(C)CC(C)C)c1S(N)(=O)=O. The van der Waals surface area contributed by atoms with Crippen molar-refractivity contribution in [3.63, 3.8) is 0 Å². The van der Waals surface area contributed by atoms with Crippen molar-refractivity contribution in [2.24, 2.45) is 11.1 Å². The molecule has 0 aliphatic carbocycles. The Morgan fingerprint density at radius 3 is 2.50 bits per heavy atom. The van der Waals surface area contributed by atoms with E-state index in [9.17, 15) is 13.2 Å². The predicted octanol–water partition coefficient (Wildman–Crippen LogP) is 0.0935. The van der Waals surface area contributed by atoms with Gasteiger partial charge in [0.2, 0.25) is 10.0 Å². The summed E-state index contributed by atoms with van der Waals surface area (Å²) in [5.74, 6) is -0.186. The second-order valence-corrected chi connectivity index (χ2v) is 6.15. The number of nitrogens with zero attached hydrogens (tertiary/aromatic N) is 2. The number of amides is 1. The second-order valence-electron chi connectivity index (χ2n) is 4.65. The number of aryl methyl sites for hydroxylation is 1. The summed E-state index contributed by atoms with van der Waals surface area (Å²) in [6.07, 6.45) is 0. The summed E-state index contributed by atoms with van der Waals surface area (Å²) >= 11 is 0. The lowest BCUT2D eigenvalue weighted by molar-refractivity contribution is 0.0769. The summed E-state index contributed by atoms with van der Waals surface area (Å²) in [5.41, 5.74) is 0.108. The van der Waals surface area contributed by atoms with Gasteiger partial charge in [0.05, 0.1) is 5.69 Å². The van der Waals surface area contributed by atoms with Crippen LogP contribution in [0, 0.1) is 12.8 Å². The molecule has 0 aliphatic rings. The highest BCUT2D eigenvalue weighted by Gasteiger charge is 2.27. The highest BCUT2D eigenvalue weighted by Crippen LogP contribution is 2.17. The van der Waals surface area contributed by atoms with Gasteiger partial charge in [0.15, 0.2) is 5.69 Å². The zero-order valence-electron chi connectivity index (χ0n) is 10.9. The van der Waals surface area contributed by atoms with E-state index in [0.717, 1.165) is 0 Å². The normalized spacial score (nSPS) is 11.9. The van der Waals surface area contributed by atoms with Gasteiger partial charge in [-0.15, -0.1) is 0 Å². The molecule has 1 heterocycles. The number of hydrogen-bond acceptors (Lipinski definition) is 4. The Bertz CT molecular complexity index is 547. The van der Waals surface area contributed by atoms with Crippen LogP contribution in [0.5, 0.6) is 0 Å². The molecule has 1 aromatic heterocycles. The Labute approximate surface area is 106 Å². The van der Waals surface area contributed by atoms with Crippen molar-refractivity contribution in [2.75, 3.05) is 13.6 Å². The molecule has 0 bridgehead atoms. The lowest BCUT2D eigenvalue weighted by atomic mass is 10.2. The van der Waals surface area contributed by atoms with Gasteiger partial charge in [0.25, 0.3) is 5.91 Å². The Balaban J connectivity index is 3.16. The molecule has 102 valence electrons. The average Bonchev–Trinajstić information content (AvgIpc) is 2.57. The molecule has 0 saturated heterocycles. The van der Waals surface area contributed by atoms with E-state index in [1.165, 1.54) is 11.8 Å². The minimum Gasteiger partial charge on any atom is -0.340 e. The van der Waals surface area contributed by atoms with Crippen molar-refractivity contribution in [1.29, 1.82) is 0 Å². The summed E-state index contributed by atoms with van der Waals surface area (Å²) in [4.78, 5) is 13.3. The van der Waals surface area contributed by atoms with Crippen LogP contribution in [0.3, 0.4) is 0 Å². The summed E-state index contributed by atoms with van der Waals surface area (Å²) < 4.78 is 22.9. The first-order valence-corrected chi connectivity index (χ1v) is 7.02. The minimum absolute atomic E-state index is 0.154. The predicted molar refractivity (Wildman–Crippen MR) is 66.5 cm³/mol. The highest BCUT2D eigenvalue weighted by molar-refractivity contribution is 7.89. The first-order valence-electron chi connectivity index (χ1n) is 5.47. The standard InChI is InChI=1S/C10H18N4O3S/c1-6(2)5-14(4)10(15)8-9(18(11,16)17)7(3)12-13-8/h6H,5H2,1-4H3,(H,12,13)(H2,11,16,17). The van der Waals surface area contributed by atoms with Crippen LogP contribution in [0.15, 0.2) is 4.90 Å². The van der Waals surface area contributed by atoms with E-state index in [1.54, 1.807) is 7.05 Å². The molecule has 1 aromatic rings. The minimum atomic E-state index is -3.97. The lowest BCUT2D eigenvalue weighted by Crippen LogP contribution is -2.32. The molecule has 0 spiro atoms. The maximum Gasteiger partial charge on any atom is 0.275 e. The number of H-pyrrole nitrogens is 1. The van der Waals surface area contributed by atoms with Crippen LogP contribution in [-0.2, 0) is 10.0 Å². The van der Waals surface area contributed by atoms with Crippen LogP contribution >= 0.6 is 0 Å². The highest BCUT2D eigenvalue weighted by atomic mass is 32.2. The Kier molecular flexibility index (Phi) is 4.12. The largest absolute Gasteiger partial charge is 0.340 e. The second kappa shape index (κ2) is 5.07. The van der Waals surface area contributed by atoms with E-state index in [-0.39, 0.29) is 22.2 Å². The molecule has 0 radical (unpaired) electrons. The van der Waals surface area contributed by atoms with Gasteiger partial charge in [-0.05, 0) is 12.8 Å². The summed E-state index contributed by atoms with van der Waals surface area (Å²) in [6.45, 7) is 5.93. The number of aromatic amines is 1. The Hall–Kier alpha value is -1.41. The molecule has 0 atom stereocenters. The molecule has 7 nitrogen and oxygen atoms in total.